The first-order chi connectivity index (χ1) is 7.63. The van der Waals surface area contributed by atoms with Gasteiger partial charge in [-0.1, -0.05) is 6.92 Å². The van der Waals surface area contributed by atoms with Gasteiger partial charge in [0.2, 0.25) is 11.8 Å². The van der Waals surface area contributed by atoms with Crippen molar-refractivity contribution in [1.29, 1.82) is 0 Å². The van der Waals surface area contributed by atoms with Crippen LogP contribution in [0.15, 0.2) is 4.42 Å². The molecule has 1 aromatic rings. The van der Waals surface area contributed by atoms with E-state index in [1.165, 1.54) is 0 Å². The van der Waals surface area contributed by atoms with Crippen LogP contribution in [-0.4, -0.2) is 29.5 Å². The third-order valence-corrected chi connectivity index (χ3v) is 3.34. The summed E-state index contributed by atoms with van der Waals surface area (Å²) in [5, 5.41) is 11.1. The van der Waals surface area contributed by atoms with Gasteiger partial charge in [0.05, 0.1) is 24.7 Å². The number of aromatic nitrogens is 2. The van der Waals surface area contributed by atoms with Gasteiger partial charge >= 0.3 is 0 Å². The summed E-state index contributed by atoms with van der Waals surface area (Å²) in [4.78, 5) is 0. The van der Waals surface area contributed by atoms with Crippen molar-refractivity contribution in [2.75, 3.05) is 7.05 Å². The minimum absolute atomic E-state index is 0.146. The molecular weight excluding hydrogens is 206 g/mol. The van der Waals surface area contributed by atoms with E-state index < -0.39 is 0 Å². The van der Waals surface area contributed by atoms with E-state index in [-0.39, 0.29) is 18.1 Å². The molecule has 0 radical (unpaired) electrons. The van der Waals surface area contributed by atoms with E-state index >= 15 is 0 Å². The lowest BCUT2D eigenvalue weighted by Crippen LogP contribution is -2.15. The first-order valence-electron chi connectivity index (χ1n) is 5.75. The molecule has 0 saturated carbocycles. The van der Waals surface area contributed by atoms with E-state index in [0.29, 0.717) is 24.2 Å². The van der Waals surface area contributed by atoms with Gasteiger partial charge in [-0.15, -0.1) is 10.2 Å². The maximum atomic E-state index is 5.77. The minimum atomic E-state index is 0.146. The van der Waals surface area contributed by atoms with Gasteiger partial charge in [-0.05, 0) is 26.8 Å². The molecule has 0 aliphatic carbocycles. The Morgan fingerprint density at radius 2 is 1.94 bits per heavy atom. The molecular formula is C11H19N3O2. The lowest BCUT2D eigenvalue weighted by molar-refractivity contribution is 0.0544. The second-order valence-corrected chi connectivity index (χ2v) is 4.50. The Kier molecular flexibility index (Phi) is 3.25. The van der Waals surface area contributed by atoms with Gasteiger partial charge in [0, 0.05) is 0 Å². The molecule has 1 aliphatic heterocycles. The Morgan fingerprint density at radius 3 is 2.50 bits per heavy atom. The van der Waals surface area contributed by atoms with Crippen molar-refractivity contribution in [3.8, 4) is 0 Å². The Labute approximate surface area is 95.6 Å². The van der Waals surface area contributed by atoms with E-state index in [9.17, 15) is 0 Å². The molecule has 4 unspecified atom stereocenters. The number of hydrogen-bond donors (Lipinski definition) is 1. The third-order valence-electron chi connectivity index (χ3n) is 3.34. The molecule has 0 spiro atoms. The Bertz CT molecular complexity index is 353. The summed E-state index contributed by atoms with van der Waals surface area (Å²) in [6.45, 7) is 6.93. The fraction of sp³-hybridized carbons (Fsp3) is 0.818. The molecule has 5 nitrogen and oxygen atoms in total. The molecule has 1 aliphatic rings. The van der Waals surface area contributed by atoms with Crippen LogP contribution in [0, 0.1) is 5.92 Å². The average Bonchev–Trinajstić information content (AvgIpc) is 2.75. The lowest BCUT2D eigenvalue weighted by atomic mass is 9.89. The number of nitrogens with one attached hydrogen (secondary N) is 1. The summed E-state index contributed by atoms with van der Waals surface area (Å²) < 4.78 is 11.4. The van der Waals surface area contributed by atoms with Crippen molar-refractivity contribution in [2.24, 2.45) is 5.92 Å². The molecule has 1 fully saturated rings. The van der Waals surface area contributed by atoms with Crippen molar-refractivity contribution in [1.82, 2.24) is 15.5 Å². The van der Waals surface area contributed by atoms with Crippen LogP contribution in [-0.2, 0) is 11.3 Å². The van der Waals surface area contributed by atoms with Crippen LogP contribution < -0.4 is 5.32 Å². The van der Waals surface area contributed by atoms with Crippen LogP contribution in [0.3, 0.4) is 0 Å². The fourth-order valence-electron chi connectivity index (χ4n) is 2.32. The molecule has 5 heteroatoms. The van der Waals surface area contributed by atoms with Crippen molar-refractivity contribution in [2.45, 2.75) is 45.4 Å². The van der Waals surface area contributed by atoms with Gasteiger partial charge in [-0.25, -0.2) is 0 Å². The van der Waals surface area contributed by atoms with E-state index in [2.05, 4.69) is 36.3 Å². The highest BCUT2D eigenvalue weighted by molar-refractivity contribution is 5.02. The third kappa shape index (κ3) is 1.97. The van der Waals surface area contributed by atoms with Gasteiger partial charge in [0.25, 0.3) is 0 Å². The van der Waals surface area contributed by atoms with Crippen LogP contribution in [0.25, 0.3) is 0 Å². The smallest absolute Gasteiger partial charge is 0.230 e. The van der Waals surface area contributed by atoms with Crippen molar-refractivity contribution >= 4 is 0 Å². The number of rotatable bonds is 3. The van der Waals surface area contributed by atoms with Gasteiger partial charge < -0.3 is 14.5 Å². The highest BCUT2D eigenvalue weighted by atomic mass is 16.5. The van der Waals surface area contributed by atoms with Crippen LogP contribution in [0.1, 0.15) is 38.5 Å². The number of ether oxygens (including phenoxy) is 1. The van der Waals surface area contributed by atoms with Crippen LogP contribution in [0.4, 0.5) is 0 Å². The van der Waals surface area contributed by atoms with E-state index in [4.69, 9.17) is 9.15 Å². The minimum Gasteiger partial charge on any atom is -0.423 e. The number of hydrogen-bond acceptors (Lipinski definition) is 5. The highest BCUT2D eigenvalue weighted by Crippen LogP contribution is 2.38. The van der Waals surface area contributed by atoms with Gasteiger partial charge in [0.1, 0.15) is 0 Å². The van der Waals surface area contributed by atoms with E-state index in [1.807, 2.05) is 7.05 Å². The largest absolute Gasteiger partial charge is 0.423 e. The second kappa shape index (κ2) is 4.51. The molecule has 2 rings (SSSR count). The van der Waals surface area contributed by atoms with Crippen molar-refractivity contribution in [3.63, 3.8) is 0 Å². The molecule has 0 bridgehead atoms. The molecule has 0 aromatic carbocycles. The zero-order chi connectivity index (χ0) is 11.7. The Morgan fingerprint density at radius 1 is 1.19 bits per heavy atom. The Hall–Kier alpha value is -0.940. The first kappa shape index (κ1) is 11.5. The highest BCUT2D eigenvalue weighted by Gasteiger charge is 2.41. The van der Waals surface area contributed by atoms with E-state index in [1.54, 1.807) is 0 Å². The normalized spacial score (nSPS) is 34.5. The van der Waals surface area contributed by atoms with Crippen LogP contribution >= 0.6 is 0 Å². The maximum absolute atomic E-state index is 5.77. The summed E-state index contributed by atoms with van der Waals surface area (Å²) >= 11 is 0. The quantitative estimate of drug-likeness (QED) is 0.840. The zero-order valence-electron chi connectivity index (χ0n) is 10.2. The zero-order valence-corrected chi connectivity index (χ0v) is 10.2. The molecule has 2 heterocycles. The summed E-state index contributed by atoms with van der Waals surface area (Å²) in [5.41, 5.74) is 0. The Balaban J connectivity index is 2.16. The standard InChI is InChI=1S/C11H19N3O2/c1-6-7(2)15-8(3)10(6)11-14-13-9(16-11)5-12-4/h6-8,10,12H,5H2,1-4H3. The van der Waals surface area contributed by atoms with Crippen molar-refractivity contribution < 1.29 is 9.15 Å². The summed E-state index contributed by atoms with van der Waals surface area (Å²) in [7, 11) is 1.86. The van der Waals surface area contributed by atoms with Gasteiger partial charge in [0.15, 0.2) is 0 Å². The van der Waals surface area contributed by atoms with Crippen molar-refractivity contribution in [3.05, 3.63) is 11.8 Å². The van der Waals surface area contributed by atoms with E-state index in [0.717, 1.165) is 0 Å². The SMILES string of the molecule is CNCc1nnc(C2C(C)OC(C)C2C)o1. The molecule has 16 heavy (non-hydrogen) atoms. The summed E-state index contributed by atoms with van der Waals surface area (Å²) in [5.74, 6) is 1.97. The topological polar surface area (TPSA) is 60.2 Å². The molecule has 90 valence electrons. The van der Waals surface area contributed by atoms with Gasteiger partial charge in [-0.2, -0.15) is 0 Å². The van der Waals surface area contributed by atoms with Crippen LogP contribution in [0.2, 0.25) is 0 Å². The maximum Gasteiger partial charge on any atom is 0.230 e. The predicted octanol–water partition coefficient (Wildman–Crippen LogP) is 1.32. The monoisotopic (exact) mass is 225 g/mol. The first-order valence-corrected chi connectivity index (χ1v) is 5.75. The summed E-state index contributed by atoms with van der Waals surface area (Å²) in [6.07, 6.45) is 0.396. The fourth-order valence-corrected chi connectivity index (χ4v) is 2.32. The molecule has 0 amide bonds. The molecule has 4 atom stereocenters. The predicted molar refractivity (Wildman–Crippen MR) is 59.0 cm³/mol. The summed E-state index contributed by atoms with van der Waals surface area (Å²) in [6, 6.07) is 0. The molecule has 1 N–H and O–H groups in total. The molecule has 1 saturated heterocycles. The lowest BCUT2D eigenvalue weighted by Gasteiger charge is -2.13. The van der Waals surface area contributed by atoms with Crippen LogP contribution in [0.5, 0.6) is 0 Å². The second-order valence-electron chi connectivity index (χ2n) is 4.50. The van der Waals surface area contributed by atoms with Gasteiger partial charge in [-0.3, -0.25) is 0 Å². The molecule has 1 aromatic heterocycles. The number of nitrogens with zero attached hydrogens (tertiary/aromatic N) is 2. The average molecular weight is 225 g/mol.